The van der Waals surface area contributed by atoms with Crippen molar-refractivity contribution in [2.75, 3.05) is 0 Å². The first kappa shape index (κ1) is 19.0. The number of aromatic nitrogens is 1. The standard InChI is InChI=1S/C25H27NO/c1-19-17-22(14-16-26-19)21-11-9-20(10-12-21)18-24(27)13-15-25(2,3)23-7-5-4-6-8-23/h4-12,14,16-17H,13,15,18H2,1-3H3. The minimum Gasteiger partial charge on any atom is -0.299 e. The van der Waals surface area contributed by atoms with Crippen molar-refractivity contribution in [3.63, 3.8) is 0 Å². The highest BCUT2D eigenvalue weighted by molar-refractivity contribution is 5.81. The molecule has 2 heteroatoms. The molecular formula is C25H27NO. The molecule has 2 aromatic carbocycles. The third kappa shape index (κ3) is 5.13. The number of ketones is 1. The molecule has 1 heterocycles. The molecule has 0 unspecified atom stereocenters. The number of nitrogens with zero attached hydrogens (tertiary/aromatic N) is 1. The summed E-state index contributed by atoms with van der Waals surface area (Å²) in [5, 5.41) is 0. The summed E-state index contributed by atoms with van der Waals surface area (Å²) in [6.07, 6.45) is 3.80. The fraction of sp³-hybridized carbons (Fsp3) is 0.280. The average molecular weight is 357 g/mol. The van der Waals surface area contributed by atoms with Crippen LogP contribution in [-0.4, -0.2) is 10.8 Å². The first-order valence-electron chi connectivity index (χ1n) is 9.53. The van der Waals surface area contributed by atoms with E-state index in [0.717, 1.165) is 28.8 Å². The Bertz CT molecular complexity index is 895. The number of pyridine rings is 1. The second-order valence-electron chi connectivity index (χ2n) is 7.85. The van der Waals surface area contributed by atoms with Crippen LogP contribution in [0.3, 0.4) is 0 Å². The molecule has 0 saturated carbocycles. The van der Waals surface area contributed by atoms with Gasteiger partial charge in [0.15, 0.2) is 0 Å². The number of benzene rings is 2. The van der Waals surface area contributed by atoms with E-state index in [2.05, 4.69) is 73.4 Å². The molecular weight excluding hydrogens is 330 g/mol. The SMILES string of the molecule is Cc1cc(-c2ccc(CC(=O)CCC(C)(C)c3ccccc3)cc2)ccn1. The first-order valence-corrected chi connectivity index (χ1v) is 9.53. The van der Waals surface area contributed by atoms with Crippen LogP contribution in [0.25, 0.3) is 11.1 Å². The van der Waals surface area contributed by atoms with Crippen LogP contribution in [-0.2, 0) is 16.6 Å². The Morgan fingerprint density at radius 2 is 1.63 bits per heavy atom. The summed E-state index contributed by atoms with van der Waals surface area (Å²) >= 11 is 0. The fourth-order valence-electron chi connectivity index (χ4n) is 3.34. The average Bonchev–Trinajstić information content (AvgIpc) is 2.68. The van der Waals surface area contributed by atoms with Crippen molar-refractivity contribution in [1.82, 2.24) is 4.98 Å². The lowest BCUT2D eigenvalue weighted by Crippen LogP contribution is -2.19. The number of carbonyl (C=O) groups excluding carboxylic acids is 1. The molecule has 0 aliphatic carbocycles. The molecule has 0 bridgehead atoms. The van der Waals surface area contributed by atoms with Crippen LogP contribution in [0.5, 0.6) is 0 Å². The van der Waals surface area contributed by atoms with Gasteiger partial charge in [-0.3, -0.25) is 9.78 Å². The van der Waals surface area contributed by atoms with Crippen LogP contribution in [0.4, 0.5) is 0 Å². The van der Waals surface area contributed by atoms with Crippen molar-refractivity contribution >= 4 is 5.78 Å². The Kier molecular flexibility index (Phi) is 5.85. The zero-order valence-electron chi connectivity index (χ0n) is 16.4. The highest BCUT2D eigenvalue weighted by atomic mass is 16.1. The van der Waals surface area contributed by atoms with E-state index in [0.29, 0.717) is 18.6 Å². The maximum Gasteiger partial charge on any atom is 0.137 e. The lowest BCUT2D eigenvalue weighted by molar-refractivity contribution is -0.118. The van der Waals surface area contributed by atoms with E-state index in [4.69, 9.17) is 0 Å². The zero-order chi connectivity index (χ0) is 19.3. The number of carbonyl (C=O) groups is 1. The van der Waals surface area contributed by atoms with E-state index in [1.807, 2.05) is 25.3 Å². The Balaban J connectivity index is 1.58. The Morgan fingerprint density at radius 1 is 0.926 bits per heavy atom. The maximum atomic E-state index is 12.5. The Labute approximate surface area is 162 Å². The third-order valence-electron chi connectivity index (χ3n) is 5.17. The largest absolute Gasteiger partial charge is 0.299 e. The van der Waals surface area contributed by atoms with Gasteiger partial charge in [0.1, 0.15) is 5.78 Å². The topological polar surface area (TPSA) is 30.0 Å². The second-order valence-corrected chi connectivity index (χ2v) is 7.85. The molecule has 2 nitrogen and oxygen atoms in total. The van der Waals surface area contributed by atoms with Gasteiger partial charge in [0.2, 0.25) is 0 Å². The molecule has 0 aliphatic rings. The summed E-state index contributed by atoms with van der Waals surface area (Å²) in [6, 6.07) is 22.8. The number of Topliss-reactive ketones (excluding diaryl/α,β-unsaturated/α-hetero) is 1. The normalized spacial score (nSPS) is 11.4. The zero-order valence-corrected chi connectivity index (χ0v) is 16.4. The summed E-state index contributed by atoms with van der Waals surface area (Å²) in [5.41, 5.74) is 5.70. The summed E-state index contributed by atoms with van der Waals surface area (Å²) in [7, 11) is 0. The van der Waals surface area contributed by atoms with Gasteiger partial charge in [-0.05, 0) is 53.1 Å². The molecule has 3 rings (SSSR count). The molecule has 0 radical (unpaired) electrons. The lowest BCUT2D eigenvalue weighted by atomic mass is 9.80. The van der Waals surface area contributed by atoms with Gasteiger partial charge in [0.05, 0.1) is 0 Å². The van der Waals surface area contributed by atoms with Crippen LogP contribution in [0.1, 0.15) is 43.5 Å². The van der Waals surface area contributed by atoms with Crippen molar-refractivity contribution in [3.05, 3.63) is 89.7 Å². The fourth-order valence-corrected chi connectivity index (χ4v) is 3.34. The van der Waals surface area contributed by atoms with Crippen molar-refractivity contribution in [2.24, 2.45) is 0 Å². The molecule has 0 amide bonds. The molecule has 0 saturated heterocycles. The number of aryl methyl sites for hydroxylation is 1. The van der Waals surface area contributed by atoms with Gasteiger partial charge in [-0.25, -0.2) is 0 Å². The van der Waals surface area contributed by atoms with Gasteiger partial charge in [0, 0.05) is 24.7 Å². The molecule has 27 heavy (non-hydrogen) atoms. The van der Waals surface area contributed by atoms with Gasteiger partial charge >= 0.3 is 0 Å². The molecule has 0 spiro atoms. The third-order valence-corrected chi connectivity index (χ3v) is 5.17. The van der Waals surface area contributed by atoms with Crippen molar-refractivity contribution in [3.8, 4) is 11.1 Å². The van der Waals surface area contributed by atoms with Crippen LogP contribution < -0.4 is 0 Å². The highest BCUT2D eigenvalue weighted by Crippen LogP contribution is 2.28. The second kappa shape index (κ2) is 8.30. The minimum atomic E-state index is 0.0139. The molecule has 0 aliphatic heterocycles. The number of hydrogen-bond donors (Lipinski definition) is 0. The lowest BCUT2D eigenvalue weighted by Gasteiger charge is -2.25. The predicted molar refractivity (Wildman–Crippen MR) is 112 cm³/mol. The van der Waals surface area contributed by atoms with Crippen LogP contribution in [0.15, 0.2) is 72.9 Å². The molecule has 138 valence electrons. The van der Waals surface area contributed by atoms with E-state index in [1.54, 1.807) is 0 Å². The van der Waals surface area contributed by atoms with Gasteiger partial charge in [-0.15, -0.1) is 0 Å². The van der Waals surface area contributed by atoms with E-state index in [1.165, 1.54) is 5.56 Å². The molecule has 0 atom stereocenters. The number of hydrogen-bond acceptors (Lipinski definition) is 2. The molecule has 1 aromatic heterocycles. The maximum absolute atomic E-state index is 12.5. The predicted octanol–water partition coefficient (Wildman–Crippen LogP) is 5.93. The molecule has 0 fully saturated rings. The van der Waals surface area contributed by atoms with Crippen molar-refractivity contribution < 1.29 is 4.79 Å². The Morgan fingerprint density at radius 3 is 2.30 bits per heavy atom. The highest BCUT2D eigenvalue weighted by Gasteiger charge is 2.21. The smallest absolute Gasteiger partial charge is 0.137 e. The van der Waals surface area contributed by atoms with Crippen LogP contribution in [0.2, 0.25) is 0 Å². The van der Waals surface area contributed by atoms with E-state index < -0.39 is 0 Å². The van der Waals surface area contributed by atoms with Gasteiger partial charge in [-0.2, -0.15) is 0 Å². The van der Waals surface area contributed by atoms with Gasteiger partial charge < -0.3 is 0 Å². The summed E-state index contributed by atoms with van der Waals surface area (Å²) < 4.78 is 0. The van der Waals surface area contributed by atoms with Gasteiger partial charge in [0.25, 0.3) is 0 Å². The van der Waals surface area contributed by atoms with Gasteiger partial charge in [-0.1, -0.05) is 68.4 Å². The van der Waals surface area contributed by atoms with Crippen molar-refractivity contribution in [2.45, 2.75) is 45.4 Å². The van der Waals surface area contributed by atoms with E-state index in [9.17, 15) is 4.79 Å². The number of rotatable bonds is 7. The molecule has 3 aromatic rings. The van der Waals surface area contributed by atoms with E-state index in [-0.39, 0.29) is 5.41 Å². The summed E-state index contributed by atoms with van der Waals surface area (Å²) in [4.78, 5) is 16.7. The van der Waals surface area contributed by atoms with E-state index >= 15 is 0 Å². The van der Waals surface area contributed by atoms with Crippen LogP contribution >= 0.6 is 0 Å². The molecule has 0 N–H and O–H groups in total. The Hall–Kier alpha value is -2.74. The summed E-state index contributed by atoms with van der Waals surface area (Å²) in [5.74, 6) is 0.298. The summed E-state index contributed by atoms with van der Waals surface area (Å²) in [6.45, 7) is 6.41. The first-order chi connectivity index (χ1) is 12.9. The van der Waals surface area contributed by atoms with Crippen molar-refractivity contribution in [1.29, 1.82) is 0 Å². The quantitative estimate of drug-likeness (QED) is 0.525. The minimum absolute atomic E-state index is 0.0139. The monoisotopic (exact) mass is 357 g/mol. The van der Waals surface area contributed by atoms with Crippen LogP contribution in [0, 0.1) is 6.92 Å².